The normalized spacial score (nSPS) is 16.4. The lowest BCUT2D eigenvalue weighted by molar-refractivity contribution is -0.128. The van der Waals surface area contributed by atoms with Gasteiger partial charge in [0.1, 0.15) is 5.57 Å². The summed E-state index contributed by atoms with van der Waals surface area (Å²) >= 11 is 11.2. The molecule has 5 nitrogen and oxygen atoms in total. The maximum atomic E-state index is 12.4. The number of nitrogens with one attached hydrogen (secondary N) is 1. The molecule has 0 spiro atoms. The minimum absolute atomic E-state index is 0.0594. The van der Waals surface area contributed by atoms with E-state index in [1.165, 1.54) is 11.9 Å². The predicted octanol–water partition coefficient (Wildman–Crippen LogP) is 3.31. The molecule has 3 rings (SSSR count). The average Bonchev–Trinajstić information content (AvgIpc) is 2.86. The molecule has 7 heteroatoms. The molecule has 1 aliphatic heterocycles. The summed E-state index contributed by atoms with van der Waals surface area (Å²) in [5.74, 6) is -0.899. The number of hydrogen-bond donors (Lipinski definition) is 1. The predicted molar refractivity (Wildman–Crippen MR) is 106 cm³/mol. The molecule has 1 fully saturated rings. The third-order valence-electron chi connectivity index (χ3n) is 4.55. The molecule has 0 atom stereocenters. The SMILES string of the molecule is Cc1c(Cl)cccc1-n1c(C)cc(C=C2C(=O)NC(=S)N(C)C2=O)c1C. The summed E-state index contributed by atoms with van der Waals surface area (Å²) in [5, 5.41) is 3.32. The van der Waals surface area contributed by atoms with Crippen molar-refractivity contribution in [2.45, 2.75) is 20.8 Å². The Morgan fingerprint density at radius 2 is 1.88 bits per heavy atom. The molecule has 1 aliphatic rings. The lowest BCUT2D eigenvalue weighted by Gasteiger charge is -2.25. The molecule has 2 heterocycles. The van der Waals surface area contributed by atoms with Gasteiger partial charge in [0.05, 0.1) is 0 Å². The molecule has 0 aliphatic carbocycles. The summed E-state index contributed by atoms with van der Waals surface area (Å²) in [6.45, 7) is 5.88. The van der Waals surface area contributed by atoms with Crippen LogP contribution in [0.4, 0.5) is 0 Å². The number of halogens is 1. The molecule has 2 amide bonds. The van der Waals surface area contributed by atoms with Gasteiger partial charge in [-0.25, -0.2) is 0 Å². The first-order valence-electron chi connectivity index (χ1n) is 8.02. The van der Waals surface area contributed by atoms with E-state index >= 15 is 0 Å². The van der Waals surface area contributed by atoms with Gasteiger partial charge < -0.3 is 4.57 Å². The van der Waals surface area contributed by atoms with Crippen LogP contribution in [0.5, 0.6) is 0 Å². The number of nitrogens with zero attached hydrogens (tertiary/aromatic N) is 2. The van der Waals surface area contributed by atoms with E-state index in [1.807, 2.05) is 45.0 Å². The third kappa shape index (κ3) is 2.95. The monoisotopic (exact) mass is 387 g/mol. The van der Waals surface area contributed by atoms with Crippen LogP contribution in [0.25, 0.3) is 11.8 Å². The number of carbonyl (C=O) groups is 2. The summed E-state index contributed by atoms with van der Waals surface area (Å²) in [4.78, 5) is 25.9. The van der Waals surface area contributed by atoms with Gasteiger partial charge in [-0.1, -0.05) is 17.7 Å². The molecule has 1 aromatic heterocycles. The summed E-state index contributed by atoms with van der Waals surface area (Å²) in [7, 11) is 1.54. The van der Waals surface area contributed by atoms with Crippen molar-refractivity contribution in [2.75, 3.05) is 7.05 Å². The van der Waals surface area contributed by atoms with Crippen LogP contribution in [0.1, 0.15) is 22.5 Å². The lowest BCUT2D eigenvalue weighted by Crippen LogP contribution is -2.52. The molecule has 0 bridgehead atoms. The van der Waals surface area contributed by atoms with E-state index in [0.29, 0.717) is 5.02 Å². The Labute approximate surface area is 162 Å². The van der Waals surface area contributed by atoms with Gasteiger partial charge in [-0.2, -0.15) is 0 Å². The summed E-state index contributed by atoms with van der Waals surface area (Å²) in [6, 6.07) is 7.68. The highest BCUT2D eigenvalue weighted by Gasteiger charge is 2.31. The number of thiocarbonyl (C=S) groups is 1. The van der Waals surface area contributed by atoms with Crippen molar-refractivity contribution in [2.24, 2.45) is 0 Å². The fraction of sp³-hybridized carbons (Fsp3) is 0.211. The number of aromatic nitrogens is 1. The first kappa shape index (κ1) is 18.4. The van der Waals surface area contributed by atoms with Crippen molar-refractivity contribution in [3.05, 3.63) is 57.4 Å². The zero-order valence-corrected chi connectivity index (χ0v) is 16.5. The van der Waals surface area contributed by atoms with Gasteiger partial charge in [0.15, 0.2) is 5.11 Å². The van der Waals surface area contributed by atoms with Crippen molar-refractivity contribution in [1.29, 1.82) is 0 Å². The highest BCUT2D eigenvalue weighted by atomic mass is 35.5. The van der Waals surface area contributed by atoms with Gasteiger partial charge in [0, 0.05) is 29.1 Å². The molecule has 134 valence electrons. The Morgan fingerprint density at radius 1 is 1.19 bits per heavy atom. The highest BCUT2D eigenvalue weighted by Crippen LogP contribution is 2.28. The molecule has 0 saturated carbocycles. The van der Waals surface area contributed by atoms with E-state index in [-0.39, 0.29) is 10.7 Å². The Balaban J connectivity index is 2.12. The molecule has 1 N–H and O–H groups in total. The number of hydrogen-bond acceptors (Lipinski definition) is 3. The van der Waals surface area contributed by atoms with Gasteiger partial charge in [0.25, 0.3) is 11.8 Å². The van der Waals surface area contributed by atoms with E-state index in [2.05, 4.69) is 9.88 Å². The van der Waals surface area contributed by atoms with Crippen molar-refractivity contribution < 1.29 is 9.59 Å². The van der Waals surface area contributed by atoms with E-state index in [9.17, 15) is 9.59 Å². The lowest BCUT2D eigenvalue weighted by atomic mass is 10.1. The first-order valence-corrected chi connectivity index (χ1v) is 8.80. The Hall–Kier alpha value is -2.44. The number of carbonyl (C=O) groups excluding carboxylic acids is 2. The molecule has 0 unspecified atom stereocenters. The second-order valence-corrected chi connectivity index (χ2v) is 7.02. The van der Waals surface area contributed by atoms with Crippen LogP contribution in [0.15, 0.2) is 29.8 Å². The van der Waals surface area contributed by atoms with Gasteiger partial charge in [-0.15, -0.1) is 0 Å². The largest absolute Gasteiger partial charge is 0.318 e. The molecular formula is C19H18ClN3O2S. The standard InChI is InChI=1S/C19H18ClN3O2S/c1-10-8-13(9-14-17(24)21-19(26)22(4)18(14)25)12(3)23(10)16-7-5-6-15(20)11(16)2/h5-9H,1-4H3,(H,21,24,26). The summed E-state index contributed by atoms with van der Waals surface area (Å²) in [5.41, 5.74) is 4.68. The Morgan fingerprint density at radius 3 is 2.58 bits per heavy atom. The first-order chi connectivity index (χ1) is 12.2. The van der Waals surface area contributed by atoms with Gasteiger partial charge in [-0.05, 0) is 68.4 Å². The number of aryl methyl sites for hydroxylation is 1. The van der Waals surface area contributed by atoms with Crippen molar-refractivity contribution in [1.82, 2.24) is 14.8 Å². The Kier molecular flexibility index (Phi) is 4.73. The maximum Gasteiger partial charge on any atom is 0.265 e. The van der Waals surface area contributed by atoms with Gasteiger partial charge >= 0.3 is 0 Å². The van der Waals surface area contributed by atoms with Crippen LogP contribution in [0, 0.1) is 20.8 Å². The van der Waals surface area contributed by atoms with Crippen molar-refractivity contribution in [3.63, 3.8) is 0 Å². The number of amides is 2. The van der Waals surface area contributed by atoms with Crippen LogP contribution >= 0.6 is 23.8 Å². The second-order valence-electron chi connectivity index (χ2n) is 6.23. The van der Waals surface area contributed by atoms with Gasteiger partial charge in [-0.3, -0.25) is 19.8 Å². The van der Waals surface area contributed by atoms with Crippen LogP contribution < -0.4 is 5.32 Å². The molecule has 2 aromatic rings. The van der Waals surface area contributed by atoms with Crippen molar-refractivity contribution >= 4 is 46.8 Å². The van der Waals surface area contributed by atoms with E-state index in [1.54, 1.807) is 6.08 Å². The zero-order chi connectivity index (χ0) is 19.2. The topological polar surface area (TPSA) is 54.3 Å². The minimum Gasteiger partial charge on any atom is -0.318 e. The van der Waals surface area contributed by atoms with Crippen LogP contribution in [0.3, 0.4) is 0 Å². The van der Waals surface area contributed by atoms with Crippen LogP contribution in [-0.4, -0.2) is 33.4 Å². The number of rotatable bonds is 2. The molecule has 1 saturated heterocycles. The quantitative estimate of drug-likeness (QED) is 0.488. The molecular weight excluding hydrogens is 370 g/mol. The number of benzene rings is 1. The zero-order valence-electron chi connectivity index (χ0n) is 14.9. The molecule has 26 heavy (non-hydrogen) atoms. The fourth-order valence-electron chi connectivity index (χ4n) is 3.04. The maximum absolute atomic E-state index is 12.4. The van der Waals surface area contributed by atoms with E-state index < -0.39 is 11.8 Å². The van der Waals surface area contributed by atoms with Crippen LogP contribution in [0.2, 0.25) is 5.02 Å². The highest BCUT2D eigenvalue weighted by molar-refractivity contribution is 7.80. The van der Waals surface area contributed by atoms with E-state index in [0.717, 1.165) is 28.2 Å². The second kappa shape index (κ2) is 6.70. The molecule has 1 aromatic carbocycles. The van der Waals surface area contributed by atoms with E-state index in [4.69, 9.17) is 23.8 Å². The molecule has 0 radical (unpaired) electrons. The Bertz CT molecular complexity index is 991. The fourth-order valence-corrected chi connectivity index (χ4v) is 3.39. The minimum atomic E-state index is -0.484. The summed E-state index contributed by atoms with van der Waals surface area (Å²) in [6.07, 6.45) is 1.61. The smallest absolute Gasteiger partial charge is 0.265 e. The van der Waals surface area contributed by atoms with Gasteiger partial charge in [0.2, 0.25) is 0 Å². The van der Waals surface area contributed by atoms with Crippen molar-refractivity contribution in [3.8, 4) is 5.69 Å². The third-order valence-corrected chi connectivity index (χ3v) is 5.34. The summed E-state index contributed by atoms with van der Waals surface area (Å²) < 4.78 is 2.06. The number of likely N-dealkylation sites (N-methyl/N-ethyl adjacent to an activating group) is 1. The van der Waals surface area contributed by atoms with Crippen LogP contribution in [-0.2, 0) is 9.59 Å². The average molecular weight is 388 g/mol.